The number of aliphatic hydroxyl groups is 1. The summed E-state index contributed by atoms with van der Waals surface area (Å²) in [6, 6.07) is 0.148. The van der Waals surface area contributed by atoms with Gasteiger partial charge in [-0.05, 0) is 19.4 Å². The van der Waals surface area contributed by atoms with Crippen LogP contribution in [0.4, 0.5) is 0 Å². The SMILES string of the molecule is NC(O)C1CCCN1. The molecule has 0 radical (unpaired) electrons. The molecule has 0 aromatic heterocycles. The van der Waals surface area contributed by atoms with Crippen LogP contribution < -0.4 is 11.1 Å². The second kappa shape index (κ2) is 2.44. The van der Waals surface area contributed by atoms with Crippen molar-refractivity contribution in [2.75, 3.05) is 6.54 Å². The van der Waals surface area contributed by atoms with E-state index in [2.05, 4.69) is 5.32 Å². The second-order valence-electron chi connectivity index (χ2n) is 2.19. The minimum Gasteiger partial charge on any atom is -0.377 e. The van der Waals surface area contributed by atoms with Gasteiger partial charge >= 0.3 is 0 Å². The highest BCUT2D eigenvalue weighted by Crippen LogP contribution is 2.05. The third-order valence-electron chi connectivity index (χ3n) is 1.51. The summed E-state index contributed by atoms with van der Waals surface area (Å²) in [6.45, 7) is 0.999. The zero-order chi connectivity index (χ0) is 5.98. The van der Waals surface area contributed by atoms with Gasteiger partial charge in [0, 0.05) is 6.04 Å². The fraction of sp³-hybridized carbons (Fsp3) is 1.00. The molecule has 0 aromatic rings. The average Bonchev–Trinajstić information content (AvgIpc) is 2.12. The van der Waals surface area contributed by atoms with Crippen LogP contribution in [0, 0.1) is 0 Å². The van der Waals surface area contributed by atoms with Gasteiger partial charge in [-0.1, -0.05) is 0 Å². The highest BCUT2D eigenvalue weighted by molar-refractivity contribution is 4.77. The molecule has 1 fully saturated rings. The Morgan fingerprint density at radius 2 is 2.50 bits per heavy atom. The summed E-state index contributed by atoms with van der Waals surface area (Å²) in [4.78, 5) is 0. The summed E-state index contributed by atoms with van der Waals surface area (Å²) in [5, 5.41) is 11.8. The summed E-state index contributed by atoms with van der Waals surface area (Å²) in [5.41, 5.74) is 5.19. The molecule has 3 nitrogen and oxygen atoms in total. The predicted octanol–water partition coefficient (Wildman–Crippen LogP) is -0.984. The first-order valence-corrected chi connectivity index (χ1v) is 2.98. The summed E-state index contributed by atoms with van der Waals surface area (Å²) in [7, 11) is 0. The number of hydrogen-bond donors (Lipinski definition) is 3. The van der Waals surface area contributed by atoms with Crippen molar-refractivity contribution in [3.05, 3.63) is 0 Å². The first-order chi connectivity index (χ1) is 3.80. The molecule has 2 unspecified atom stereocenters. The lowest BCUT2D eigenvalue weighted by Gasteiger charge is -2.11. The Balaban J connectivity index is 2.24. The molecule has 1 aliphatic rings. The van der Waals surface area contributed by atoms with Gasteiger partial charge in [-0.2, -0.15) is 0 Å². The molecule has 1 rings (SSSR count). The minimum atomic E-state index is -0.669. The van der Waals surface area contributed by atoms with E-state index >= 15 is 0 Å². The van der Waals surface area contributed by atoms with Crippen LogP contribution in [0.2, 0.25) is 0 Å². The van der Waals surface area contributed by atoms with Gasteiger partial charge in [0.15, 0.2) is 0 Å². The molecule has 1 aliphatic heterocycles. The van der Waals surface area contributed by atoms with Crippen LogP contribution in [-0.4, -0.2) is 23.9 Å². The normalized spacial score (nSPS) is 33.0. The van der Waals surface area contributed by atoms with E-state index in [0.717, 1.165) is 19.4 Å². The van der Waals surface area contributed by atoms with E-state index in [9.17, 15) is 0 Å². The molecule has 2 atom stereocenters. The number of rotatable bonds is 1. The number of hydrogen-bond acceptors (Lipinski definition) is 3. The Bertz CT molecular complexity index is 68.8. The van der Waals surface area contributed by atoms with Crippen LogP contribution in [0.25, 0.3) is 0 Å². The number of nitrogens with one attached hydrogen (secondary N) is 1. The summed E-state index contributed by atoms with van der Waals surface area (Å²) in [6.07, 6.45) is 1.48. The maximum Gasteiger partial charge on any atom is 0.117 e. The summed E-state index contributed by atoms with van der Waals surface area (Å²) in [5.74, 6) is 0. The fourth-order valence-electron chi connectivity index (χ4n) is 1.00. The maximum atomic E-state index is 8.77. The van der Waals surface area contributed by atoms with E-state index in [-0.39, 0.29) is 6.04 Å². The lowest BCUT2D eigenvalue weighted by molar-refractivity contribution is 0.142. The standard InChI is InChI=1S/C5H12N2O/c6-5(8)4-2-1-3-7-4/h4-5,7-8H,1-3,6H2. The van der Waals surface area contributed by atoms with E-state index in [4.69, 9.17) is 10.8 Å². The van der Waals surface area contributed by atoms with E-state index in [1.807, 2.05) is 0 Å². The van der Waals surface area contributed by atoms with Gasteiger partial charge in [0.05, 0.1) is 0 Å². The molecule has 3 heteroatoms. The van der Waals surface area contributed by atoms with Crippen LogP contribution in [0.5, 0.6) is 0 Å². The molecule has 4 N–H and O–H groups in total. The van der Waals surface area contributed by atoms with E-state index in [1.54, 1.807) is 0 Å². The summed E-state index contributed by atoms with van der Waals surface area (Å²) >= 11 is 0. The number of aliphatic hydroxyl groups excluding tert-OH is 1. The van der Waals surface area contributed by atoms with Crippen molar-refractivity contribution in [1.82, 2.24) is 5.32 Å². The molecule has 1 saturated heterocycles. The summed E-state index contributed by atoms with van der Waals surface area (Å²) < 4.78 is 0. The minimum absolute atomic E-state index is 0.148. The molecule has 0 aliphatic carbocycles. The van der Waals surface area contributed by atoms with Gasteiger partial charge in [0.1, 0.15) is 6.23 Å². The molecule has 48 valence electrons. The van der Waals surface area contributed by atoms with Crippen LogP contribution in [0.3, 0.4) is 0 Å². The van der Waals surface area contributed by atoms with E-state index in [0.29, 0.717) is 0 Å². The quantitative estimate of drug-likeness (QED) is 0.386. The van der Waals surface area contributed by atoms with Gasteiger partial charge in [0.2, 0.25) is 0 Å². The molecule has 1 heterocycles. The van der Waals surface area contributed by atoms with Gasteiger partial charge in [-0.25, -0.2) is 0 Å². The van der Waals surface area contributed by atoms with E-state index in [1.165, 1.54) is 0 Å². The van der Waals surface area contributed by atoms with E-state index < -0.39 is 6.23 Å². The Morgan fingerprint density at radius 1 is 1.75 bits per heavy atom. The molecule has 8 heavy (non-hydrogen) atoms. The predicted molar refractivity (Wildman–Crippen MR) is 31.2 cm³/mol. The maximum absolute atomic E-state index is 8.77. The average molecular weight is 116 g/mol. The molecular formula is C5H12N2O. The van der Waals surface area contributed by atoms with Gasteiger partial charge in [-0.3, -0.25) is 0 Å². The first-order valence-electron chi connectivity index (χ1n) is 2.98. The largest absolute Gasteiger partial charge is 0.377 e. The lowest BCUT2D eigenvalue weighted by atomic mass is 10.2. The van der Waals surface area contributed by atoms with Crippen LogP contribution in [0.1, 0.15) is 12.8 Å². The van der Waals surface area contributed by atoms with Crippen molar-refractivity contribution in [1.29, 1.82) is 0 Å². The molecule has 0 saturated carbocycles. The number of nitrogens with two attached hydrogens (primary N) is 1. The van der Waals surface area contributed by atoms with Crippen molar-refractivity contribution in [3.8, 4) is 0 Å². The van der Waals surface area contributed by atoms with Crippen LogP contribution >= 0.6 is 0 Å². The van der Waals surface area contributed by atoms with Gasteiger partial charge in [0.25, 0.3) is 0 Å². The zero-order valence-corrected chi connectivity index (χ0v) is 4.80. The third-order valence-corrected chi connectivity index (χ3v) is 1.51. The van der Waals surface area contributed by atoms with Crippen LogP contribution in [0.15, 0.2) is 0 Å². The molecule has 0 amide bonds. The van der Waals surface area contributed by atoms with Crippen molar-refractivity contribution in [2.45, 2.75) is 25.1 Å². The zero-order valence-electron chi connectivity index (χ0n) is 4.80. The highest BCUT2D eigenvalue weighted by Gasteiger charge is 2.18. The second-order valence-corrected chi connectivity index (χ2v) is 2.19. The van der Waals surface area contributed by atoms with Crippen LogP contribution in [-0.2, 0) is 0 Å². The Labute approximate surface area is 48.9 Å². The van der Waals surface area contributed by atoms with Crippen molar-refractivity contribution >= 4 is 0 Å². The van der Waals surface area contributed by atoms with Crippen molar-refractivity contribution in [2.24, 2.45) is 5.73 Å². The molecule has 0 bridgehead atoms. The van der Waals surface area contributed by atoms with Gasteiger partial charge in [-0.15, -0.1) is 0 Å². The fourth-order valence-corrected chi connectivity index (χ4v) is 1.00. The molecule has 0 spiro atoms. The van der Waals surface area contributed by atoms with Crippen molar-refractivity contribution < 1.29 is 5.11 Å². The first kappa shape index (κ1) is 6.01. The molecule has 0 aromatic carbocycles. The third kappa shape index (κ3) is 1.18. The van der Waals surface area contributed by atoms with Crippen molar-refractivity contribution in [3.63, 3.8) is 0 Å². The Kier molecular flexibility index (Phi) is 1.83. The van der Waals surface area contributed by atoms with Gasteiger partial charge < -0.3 is 16.2 Å². The lowest BCUT2D eigenvalue weighted by Crippen LogP contribution is -2.40. The topological polar surface area (TPSA) is 58.3 Å². The smallest absolute Gasteiger partial charge is 0.117 e. The Hall–Kier alpha value is -0.120. The monoisotopic (exact) mass is 116 g/mol. The highest BCUT2D eigenvalue weighted by atomic mass is 16.3. The Morgan fingerprint density at radius 3 is 2.75 bits per heavy atom. The molecular weight excluding hydrogens is 104 g/mol.